The van der Waals surface area contributed by atoms with E-state index >= 15 is 0 Å². The van der Waals surface area contributed by atoms with Crippen molar-refractivity contribution in [2.45, 2.75) is 51.1 Å². The number of rotatable bonds is 5. The summed E-state index contributed by atoms with van der Waals surface area (Å²) < 4.78 is 60.9. The van der Waals surface area contributed by atoms with Gasteiger partial charge < -0.3 is 19.8 Å². The summed E-state index contributed by atoms with van der Waals surface area (Å²) in [5.41, 5.74) is 0.906. The number of hydrogen-bond donors (Lipinski definition) is 2. The fourth-order valence-corrected chi connectivity index (χ4v) is 5.38. The van der Waals surface area contributed by atoms with E-state index in [1.165, 1.54) is 17.7 Å². The maximum absolute atomic E-state index is 13.9. The molecule has 0 bridgehead atoms. The molecule has 6 nitrogen and oxygen atoms in total. The molecule has 2 N–H and O–H groups in total. The predicted molar refractivity (Wildman–Crippen MR) is 154 cm³/mol. The van der Waals surface area contributed by atoms with E-state index in [0.717, 1.165) is 29.7 Å². The molecule has 0 spiro atoms. The monoisotopic (exact) mass is 624 g/mol. The van der Waals surface area contributed by atoms with Crippen LogP contribution in [0.15, 0.2) is 53.7 Å². The van der Waals surface area contributed by atoms with Crippen LogP contribution >= 0.6 is 23.2 Å². The van der Waals surface area contributed by atoms with Crippen LogP contribution in [-0.4, -0.2) is 37.4 Å². The number of fused-ring (bicyclic) bond motifs is 1. The number of nitrogens with one attached hydrogen (secondary N) is 1. The van der Waals surface area contributed by atoms with Crippen molar-refractivity contribution in [1.29, 1.82) is 0 Å². The van der Waals surface area contributed by atoms with Crippen molar-refractivity contribution in [3.05, 3.63) is 97.8 Å². The van der Waals surface area contributed by atoms with Crippen LogP contribution < -0.4 is 10.8 Å². The molecule has 42 heavy (non-hydrogen) atoms. The van der Waals surface area contributed by atoms with Gasteiger partial charge in [-0.1, -0.05) is 58.7 Å². The van der Waals surface area contributed by atoms with Gasteiger partial charge in [0, 0.05) is 24.1 Å². The lowest BCUT2D eigenvalue weighted by atomic mass is 9.78. The molecule has 2 aliphatic rings. The van der Waals surface area contributed by atoms with Crippen LogP contribution in [0, 0.1) is 12.7 Å². The fraction of sp³-hybridized carbons (Fsp3) is 0.310. The van der Waals surface area contributed by atoms with Crippen molar-refractivity contribution in [2.24, 2.45) is 5.16 Å². The van der Waals surface area contributed by atoms with Crippen molar-refractivity contribution >= 4 is 47.8 Å². The summed E-state index contributed by atoms with van der Waals surface area (Å²) in [4.78, 5) is 15.8. The Bertz CT molecular complexity index is 1530. The van der Waals surface area contributed by atoms with Gasteiger partial charge in [0.15, 0.2) is 5.82 Å². The van der Waals surface area contributed by atoms with Gasteiger partial charge in [-0.05, 0) is 73.7 Å². The summed E-state index contributed by atoms with van der Waals surface area (Å²) >= 11 is 11.3. The number of oxime groups is 1. The maximum atomic E-state index is 13.9. The Morgan fingerprint density at radius 1 is 1.12 bits per heavy atom. The van der Waals surface area contributed by atoms with E-state index in [-0.39, 0.29) is 5.71 Å². The van der Waals surface area contributed by atoms with Crippen LogP contribution in [0.4, 0.5) is 17.6 Å². The summed E-state index contributed by atoms with van der Waals surface area (Å²) in [6.45, 7) is 6.44. The maximum Gasteiger partial charge on any atom is 0.492 e. The first-order chi connectivity index (χ1) is 19.6. The minimum Gasteiger partial charge on any atom is -0.423 e. The average Bonchev–Trinajstić information content (AvgIpc) is 3.47. The summed E-state index contributed by atoms with van der Waals surface area (Å²) in [5, 5.41) is 15.3. The topological polar surface area (TPSA) is 80.2 Å². The molecule has 5 rings (SSSR count). The molecular weight excluding hydrogens is 598 g/mol. The van der Waals surface area contributed by atoms with Crippen LogP contribution in [0.3, 0.4) is 0 Å². The lowest BCUT2D eigenvalue weighted by molar-refractivity contribution is -0.275. The third kappa shape index (κ3) is 6.07. The summed E-state index contributed by atoms with van der Waals surface area (Å²) in [5.74, 6) is -1.02. The second-order valence-corrected chi connectivity index (χ2v) is 11.3. The first-order valence-electron chi connectivity index (χ1n) is 12.8. The number of carbonyl (C=O) groups is 1. The molecular formula is C29H27BCl2F4N2O4. The minimum absolute atomic E-state index is 0.0319. The molecule has 222 valence electrons. The van der Waals surface area contributed by atoms with Gasteiger partial charge in [-0.15, -0.1) is 0 Å². The van der Waals surface area contributed by atoms with Gasteiger partial charge in [0.05, 0.1) is 21.4 Å². The number of benzene rings is 3. The summed E-state index contributed by atoms with van der Waals surface area (Å²) in [6.07, 6.45) is -4.89. The van der Waals surface area contributed by atoms with Gasteiger partial charge in [0.1, 0.15) is 6.29 Å². The Balaban J connectivity index is 0.000000227. The third-order valence-electron chi connectivity index (χ3n) is 7.19. The summed E-state index contributed by atoms with van der Waals surface area (Å²) in [6, 6.07) is 12.2. The van der Waals surface area contributed by atoms with E-state index < -0.39 is 52.3 Å². The van der Waals surface area contributed by atoms with Crippen molar-refractivity contribution in [3.63, 3.8) is 0 Å². The molecule has 3 aromatic carbocycles. The van der Waals surface area contributed by atoms with Crippen LogP contribution in [0.5, 0.6) is 0 Å². The highest BCUT2D eigenvalue weighted by molar-refractivity contribution is 6.61. The molecule has 0 aromatic heterocycles. The van der Waals surface area contributed by atoms with Crippen molar-refractivity contribution in [1.82, 2.24) is 5.32 Å². The first-order valence-corrected chi connectivity index (χ1v) is 13.6. The number of carbonyl (C=O) groups excluding carboxylic acids is 1. The number of hydrogen-bond acceptors (Lipinski definition) is 6. The molecule has 0 fully saturated rings. The first kappa shape index (κ1) is 32.0. The Morgan fingerprint density at radius 3 is 2.36 bits per heavy atom. The highest BCUT2D eigenvalue weighted by Gasteiger charge is 2.62. The van der Waals surface area contributed by atoms with E-state index in [2.05, 4.69) is 16.5 Å². The molecule has 0 radical (unpaired) electrons. The number of nitrogens with zero attached hydrogens (tertiary/aromatic N) is 1. The molecule has 0 saturated heterocycles. The van der Waals surface area contributed by atoms with Gasteiger partial charge >= 0.3 is 13.3 Å². The highest BCUT2D eigenvalue weighted by Crippen LogP contribution is 2.50. The van der Waals surface area contributed by atoms with Crippen LogP contribution in [0.25, 0.3) is 0 Å². The molecule has 1 unspecified atom stereocenters. The molecule has 0 aliphatic carbocycles. The van der Waals surface area contributed by atoms with Gasteiger partial charge in [0.2, 0.25) is 0 Å². The minimum atomic E-state index is -4.87. The largest absolute Gasteiger partial charge is 0.492 e. The number of halogens is 6. The Kier molecular flexibility index (Phi) is 9.11. The van der Waals surface area contributed by atoms with Gasteiger partial charge in [0.25, 0.3) is 5.60 Å². The molecule has 0 saturated carbocycles. The Labute approximate surface area is 250 Å². The van der Waals surface area contributed by atoms with E-state index in [1.54, 1.807) is 13.0 Å². The molecule has 2 aliphatic heterocycles. The molecule has 1 atom stereocenters. The average molecular weight is 625 g/mol. The zero-order valence-electron chi connectivity index (χ0n) is 23.1. The third-order valence-corrected chi connectivity index (χ3v) is 7.74. The zero-order chi connectivity index (χ0) is 31.0. The number of aryl methyl sites for hydroxylation is 1. The summed E-state index contributed by atoms with van der Waals surface area (Å²) in [7, 11) is 1.14. The fourth-order valence-electron chi connectivity index (χ4n) is 4.89. The van der Waals surface area contributed by atoms with Crippen LogP contribution in [-0.2, 0) is 27.2 Å². The van der Waals surface area contributed by atoms with Crippen molar-refractivity contribution in [2.75, 3.05) is 7.05 Å². The van der Waals surface area contributed by atoms with Gasteiger partial charge in [-0.2, -0.15) is 13.2 Å². The van der Waals surface area contributed by atoms with Crippen molar-refractivity contribution in [3.8, 4) is 0 Å². The van der Waals surface area contributed by atoms with Gasteiger partial charge in [-0.25, -0.2) is 4.39 Å². The SMILES string of the molecule is CNCc1ccc2c(c1)C(C)(C)OB2O.Cc1cc(C2=NOC(c3cc(Cl)c(F)c(Cl)c3)(C(F)(F)F)C2)ccc1C=O. The lowest BCUT2D eigenvalue weighted by Crippen LogP contribution is -2.42. The van der Waals surface area contributed by atoms with E-state index in [4.69, 9.17) is 32.7 Å². The van der Waals surface area contributed by atoms with E-state index in [9.17, 15) is 27.4 Å². The number of alkyl halides is 3. The normalized spacial score (nSPS) is 19.0. The van der Waals surface area contributed by atoms with E-state index in [0.29, 0.717) is 23.0 Å². The van der Waals surface area contributed by atoms with E-state index in [1.807, 2.05) is 33.0 Å². The van der Waals surface area contributed by atoms with Crippen LogP contribution in [0.2, 0.25) is 10.0 Å². The lowest BCUT2D eigenvalue weighted by Gasteiger charge is -2.29. The Hall–Kier alpha value is -2.96. The second-order valence-electron chi connectivity index (χ2n) is 10.5. The standard InChI is InChI=1S/C18H11Cl2F4NO2.C11H16BNO2/c1-9-4-10(2-3-11(9)8-26)15-7-17(27-25-15,18(22,23)24)12-5-13(19)16(21)14(20)6-12;1-11(2)9-6-8(7-13-3)4-5-10(9)12(14)15-11/h2-6,8H,7H2,1H3;4-6,13-14H,7H2,1-3H3. The molecule has 2 heterocycles. The quantitative estimate of drug-likeness (QED) is 0.153. The predicted octanol–water partition coefficient (Wildman–Crippen LogP) is 6.19. The zero-order valence-corrected chi connectivity index (χ0v) is 24.6. The molecule has 13 heteroatoms. The van der Waals surface area contributed by atoms with Gasteiger partial charge in [-0.3, -0.25) is 4.79 Å². The second kappa shape index (κ2) is 12.0. The number of aldehydes is 1. The molecule has 0 amide bonds. The van der Waals surface area contributed by atoms with Crippen LogP contribution in [0.1, 0.15) is 58.4 Å². The smallest absolute Gasteiger partial charge is 0.423 e. The van der Waals surface area contributed by atoms with Crippen molar-refractivity contribution < 1.29 is 36.9 Å². The highest BCUT2D eigenvalue weighted by atomic mass is 35.5. The Morgan fingerprint density at radius 2 is 1.79 bits per heavy atom. The molecule has 3 aromatic rings.